The topological polar surface area (TPSA) is 77.1 Å². The van der Waals surface area contributed by atoms with Crippen LogP contribution in [0.4, 0.5) is 0 Å². The van der Waals surface area contributed by atoms with E-state index in [9.17, 15) is 8.42 Å². The summed E-state index contributed by atoms with van der Waals surface area (Å²) in [4.78, 5) is 2.51. The van der Waals surface area contributed by atoms with Crippen molar-refractivity contribution < 1.29 is 22.6 Å². The lowest BCUT2D eigenvalue weighted by Gasteiger charge is -2.33. The summed E-state index contributed by atoms with van der Waals surface area (Å²) in [5.41, 5.74) is 1.18. The van der Waals surface area contributed by atoms with Gasteiger partial charge in [-0.3, -0.25) is 4.90 Å². The van der Waals surface area contributed by atoms with Crippen LogP contribution in [-0.2, 0) is 14.8 Å². The van der Waals surface area contributed by atoms with Gasteiger partial charge >= 0.3 is 0 Å². The Morgan fingerprint density at radius 2 is 1.79 bits per heavy atom. The number of fused-ring (bicyclic) bond motifs is 1. The van der Waals surface area contributed by atoms with Gasteiger partial charge in [0, 0.05) is 25.7 Å². The average molecular weight is 419 g/mol. The number of nitrogens with one attached hydrogen (secondary N) is 1. The zero-order valence-corrected chi connectivity index (χ0v) is 17.1. The largest absolute Gasteiger partial charge is 0.486 e. The van der Waals surface area contributed by atoms with Gasteiger partial charge < -0.3 is 14.2 Å². The Morgan fingerprint density at radius 3 is 2.62 bits per heavy atom. The summed E-state index contributed by atoms with van der Waals surface area (Å²) in [7, 11) is -3.58. The van der Waals surface area contributed by atoms with Gasteiger partial charge in [-0.15, -0.1) is 0 Å². The highest BCUT2D eigenvalue weighted by molar-refractivity contribution is 7.89. The maximum Gasteiger partial charge on any atom is 0.240 e. The van der Waals surface area contributed by atoms with Gasteiger partial charge in [-0.2, -0.15) is 0 Å². The molecule has 0 bridgehead atoms. The molecule has 2 aliphatic heterocycles. The van der Waals surface area contributed by atoms with Crippen LogP contribution in [0, 0.1) is 0 Å². The summed E-state index contributed by atoms with van der Waals surface area (Å²) in [6.07, 6.45) is 0.796. The highest BCUT2D eigenvalue weighted by Gasteiger charge is 2.22. The van der Waals surface area contributed by atoms with Crippen LogP contribution in [0.1, 0.15) is 18.1 Å². The van der Waals surface area contributed by atoms with Gasteiger partial charge in [0.05, 0.1) is 17.6 Å². The van der Waals surface area contributed by atoms with Crippen LogP contribution in [0.15, 0.2) is 53.4 Å². The van der Waals surface area contributed by atoms with E-state index in [1.54, 1.807) is 12.1 Å². The molecule has 1 saturated heterocycles. The minimum Gasteiger partial charge on any atom is -0.486 e. The maximum atomic E-state index is 12.6. The molecule has 4 rings (SSSR count). The van der Waals surface area contributed by atoms with Crippen LogP contribution >= 0.6 is 0 Å². The second-order valence-electron chi connectivity index (χ2n) is 7.13. The Labute approximate surface area is 171 Å². The molecule has 8 heteroatoms. The molecule has 2 heterocycles. The predicted octanol–water partition coefficient (Wildman–Crippen LogP) is 2.20. The van der Waals surface area contributed by atoms with Crippen molar-refractivity contribution in [2.75, 3.05) is 46.0 Å². The third kappa shape index (κ3) is 5.08. The van der Waals surface area contributed by atoms with Crippen LogP contribution in [0.3, 0.4) is 0 Å². The van der Waals surface area contributed by atoms with E-state index in [0.29, 0.717) is 37.9 Å². The molecule has 1 atom stereocenters. The molecule has 29 heavy (non-hydrogen) atoms. The van der Waals surface area contributed by atoms with Gasteiger partial charge in [0.2, 0.25) is 10.0 Å². The number of nitrogens with zero attached hydrogens (tertiary/aromatic N) is 1. The molecular formula is C21H26N2O5S. The smallest absolute Gasteiger partial charge is 0.240 e. The van der Waals surface area contributed by atoms with Crippen LogP contribution in [0.5, 0.6) is 11.5 Å². The second-order valence-corrected chi connectivity index (χ2v) is 8.89. The van der Waals surface area contributed by atoms with E-state index < -0.39 is 10.0 Å². The van der Waals surface area contributed by atoms with E-state index in [2.05, 4.69) is 21.8 Å². The lowest BCUT2D eigenvalue weighted by Crippen LogP contribution is -2.39. The van der Waals surface area contributed by atoms with Crippen molar-refractivity contribution in [2.24, 2.45) is 0 Å². The summed E-state index contributed by atoms with van der Waals surface area (Å²) in [6.45, 7) is 4.46. The molecule has 0 radical (unpaired) electrons. The van der Waals surface area contributed by atoms with Gasteiger partial charge in [-0.05, 0) is 30.7 Å². The quantitative estimate of drug-likeness (QED) is 0.695. The Bertz CT molecular complexity index is 920. The van der Waals surface area contributed by atoms with Crippen LogP contribution in [0.2, 0.25) is 0 Å². The first kappa shape index (κ1) is 20.2. The molecule has 2 aliphatic rings. The predicted molar refractivity (Wildman–Crippen MR) is 109 cm³/mol. The van der Waals surface area contributed by atoms with Gasteiger partial charge in [0.1, 0.15) is 13.2 Å². The molecule has 2 aromatic rings. The Kier molecular flexibility index (Phi) is 6.34. The number of hydrogen-bond donors (Lipinski definition) is 1. The van der Waals surface area contributed by atoms with Crippen LogP contribution in [0.25, 0.3) is 0 Å². The summed E-state index contributed by atoms with van der Waals surface area (Å²) < 4.78 is 44.6. The molecule has 0 saturated carbocycles. The molecule has 0 amide bonds. The van der Waals surface area contributed by atoms with Gasteiger partial charge in [0.15, 0.2) is 11.5 Å². The lowest BCUT2D eigenvalue weighted by molar-refractivity contribution is -0.0300. The van der Waals surface area contributed by atoms with Crippen molar-refractivity contribution in [2.45, 2.75) is 17.4 Å². The first-order chi connectivity index (χ1) is 14.1. The molecule has 2 aromatic carbocycles. The fraction of sp³-hybridized carbons (Fsp3) is 0.429. The fourth-order valence-corrected chi connectivity index (χ4v) is 4.65. The zero-order valence-electron chi connectivity index (χ0n) is 16.2. The zero-order chi connectivity index (χ0) is 20.1. The van der Waals surface area contributed by atoms with E-state index in [1.807, 2.05) is 18.2 Å². The van der Waals surface area contributed by atoms with E-state index in [0.717, 1.165) is 26.1 Å². The minimum absolute atomic E-state index is 0.0688. The lowest BCUT2D eigenvalue weighted by atomic mass is 10.1. The third-order valence-electron chi connectivity index (χ3n) is 5.09. The Balaban J connectivity index is 1.26. The Hall–Kier alpha value is -2.13. The monoisotopic (exact) mass is 418 g/mol. The van der Waals surface area contributed by atoms with E-state index in [-0.39, 0.29) is 11.0 Å². The summed E-state index contributed by atoms with van der Waals surface area (Å²) >= 11 is 0. The number of sulfonamides is 1. The first-order valence-electron chi connectivity index (χ1n) is 9.90. The number of ether oxygens (including phenoxy) is 3. The second kappa shape index (κ2) is 9.13. The van der Waals surface area contributed by atoms with Crippen molar-refractivity contribution >= 4 is 10.0 Å². The fourth-order valence-electron chi connectivity index (χ4n) is 3.56. The highest BCUT2D eigenvalue weighted by atomic mass is 32.2. The first-order valence-corrected chi connectivity index (χ1v) is 11.4. The number of rotatable bonds is 7. The van der Waals surface area contributed by atoms with Crippen LogP contribution in [-0.4, -0.2) is 59.3 Å². The summed E-state index contributed by atoms with van der Waals surface area (Å²) in [5, 5.41) is 0. The molecule has 1 fully saturated rings. The summed E-state index contributed by atoms with van der Waals surface area (Å²) in [5.74, 6) is 1.05. The van der Waals surface area contributed by atoms with Crippen molar-refractivity contribution in [1.82, 2.24) is 9.62 Å². The van der Waals surface area contributed by atoms with Crippen molar-refractivity contribution in [1.29, 1.82) is 0 Å². The Morgan fingerprint density at radius 1 is 1.00 bits per heavy atom. The summed E-state index contributed by atoms with van der Waals surface area (Å²) in [6, 6.07) is 14.9. The molecule has 0 unspecified atom stereocenters. The molecule has 1 N–H and O–H groups in total. The molecule has 156 valence electrons. The molecular weight excluding hydrogens is 392 g/mol. The molecule has 0 aliphatic carbocycles. The van der Waals surface area contributed by atoms with Crippen molar-refractivity contribution in [3.63, 3.8) is 0 Å². The van der Waals surface area contributed by atoms with Crippen LogP contribution < -0.4 is 14.2 Å². The van der Waals surface area contributed by atoms with Gasteiger partial charge in [-0.1, -0.05) is 30.3 Å². The number of morpholine rings is 1. The highest BCUT2D eigenvalue weighted by Crippen LogP contribution is 2.32. The average Bonchev–Trinajstić information content (AvgIpc) is 2.77. The SMILES string of the molecule is O=S(=O)(NCCCN1CCO[C@H](c2ccccc2)C1)c1ccc2c(c1)OCCO2. The van der Waals surface area contributed by atoms with Gasteiger partial charge in [-0.25, -0.2) is 13.1 Å². The number of benzene rings is 2. The third-order valence-corrected chi connectivity index (χ3v) is 6.55. The standard InChI is InChI=1S/C21H26N2O5S/c24-29(25,18-7-8-19-20(15-18)28-14-13-27-19)22-9-4-10-23-11-12-26-21(16-23)17-5-2-1-3-6-17/h1-3,5-8,15,21-22H,4,9-14,16H2/t21-/m0/s1. The normalized spacial score (nSPS) is 19.8. The van der Waals surface area contributed by atoms with Crippen molar-refractivity contribution in [3.05, 3.63) is 54.1 Å². The van der Waals surface area contributed by atoms with Crippen molar-refractivity contribution in [3.8, 4) is 11.5 Å². The van der Waals surface area contributed by atoms with Gasteiger partial charge in [0.25, 0.3) is 0 Å². The molecule has 0 aromatic heterocycles. The van der Waals surface area contributed by atoms with E-state index in [1.165, 1.54) is 11.6 Å². The number of hydrogen-bond acceptors (Lipinski definition) is 6. The van der Waals surface area contributed by atoms with E-state index in [4.69, 9.17) is 14.2 Å². The maximum absolute atomic E-state index is 12.6. The van der Waals surface area contributed by atoms with E-state index >= 15 is 0 Å². The molecule has 0 spiro atoms. The molecule has 7 nitrogen and oxygen atoms in total. The minimum atomic E-state index is -3.58.